The molecule has 3 rings (SSSR count). The van der Waals surface area contributed by atoms with E-state index < -0.39 is 24.2 Å². The van der Waals surface area contributed by atoms with Gasteiger partial charge in [0.2, 0.25) is 5.91 Å². The highest BCUT2D eigenvalue weighted by Gasteiger charge is 2.34. The van der Waals surface area contributed by atoms with E-state index in [1.165, 1.54) is 0 Å². The number of nitrogens with zero attached hydrogens (tertiary/aromatic N) is 2. The molecule has 1 aromatic rings. The minimum atomic E-state index is -1.09. The molecule has 1 atom stereocenters. The minimum absolute atomic E-state index is 0.133. The third-order valence-corrected chi connectivity index (χ3v) is 5.00. The Morgan fingerprint density at radius 1 is 1.17 bits per heavy atom. The SMILES string of the molecule is CC1(C)CC(=O)C=C(C(=O)N[C@@H](CO)C(=O)N2CCN(c3ccccc3)CC2)O1. The molecule has 2 heterocycles. The van der Waals surface area contributed by atoms with Crippen LogP contribution in [0, 0.1) is 0 Å². The summed E-state index contributed by atoms with van der Waals surface area (Å²) in [5, 5.41) is 12.2. The maximum atomic E-state index is 12.8. The molecular weight excluding hydrogens is 374 g/mol. The summed E-state index contributed by atoms with van der Waals surface area (Å²) < 4.78 is 5.55. The number of piperazine rings is 1. The average Bonchev–Trinajstić information content (AvgIpc) is 2.70. The zero-order chi connectivity index (χ0) is 21.0. The van der Waals surface area contributed by atoms with Crippen LogP contribution >= 0.6 is 0 Å². The quantitative estimate of drug-likeness (QED) is 0.744. The van der Waals surface area contributed by atoms with Crippen molar-refractivity contribution >= 4 is 23.3 Å². The lowest BCUT2D eigenvalue weighted by Crippen LogP contribution is -2.56. The molecule has 2 N–H and O–H groups in total. The maximum Gasteiger partial charge on any atom is 0.287 e. The first-order valence-corrected chi connectivity index (χ1v) is 9.73. The van der Waals surface area contributed by atoms with Crippen molar-refractivity contribution in [1.29, 1.82) is 0 Å². The summed E-state index contributed by atoms with van der Waals surface area (Å²) in [6, 6.07) is 8.86. The number of ketones is 1. The Morgan fingerprint density at radius 3 is 2.41 bits per heavy atom. The standard InChI is InChI=1S/C21H27N3O5/c1-21(2)13-16(26)12-18(29-21)19(27)22-17(14-25)20(28)24-10-8-23(9-11-24)15-6-4-3-5-7-15/h3-7,12,17,25H,8-11,13-14H2,1-2H3,(H,22,27)/t17-/m0/s1. The number of aliphatic hydroxyl groups is 1. The summed E-state index contributed by atoms with van der Waals surface area (Å²) >= 11 is 0. The van der Waals surface area contributed by atoms with E-state index in [0.717, 1.165) is 11.8 Å². The number of benzene rings is 1. The molecule has 1 aromatic carbocycles. The van der Waals surface area contributed by atoms with E-state index in [-0.39, 0.29) is 23.9 Å². The van der Waals surface area contributed by atoms with Crippen LogP contribution in [0.2, 0.25) is 0 Å². The van der Waals surface area contributed by atoms with Gasteiger partial charge in [-0.05, 0) is 26.0 Å². The molecule has 0 saturated carbocycles. The predicted molar refractivity (Wildman–Crippen MR) is 107 cm³/mol. The molecule has 156 valence electrons. The van der Waals surface area contributed by atoms with Crippen LogP contribution in [0.15, 0.2) is 42.2 Å². The van der Waals surface area contributed by atoms with Crippen LogP contribution in [0.25, 0.3) is 0 Å². The number of ether oxygens (including phenoxy) is 1. The summed E-state index contributed by atoms with van der Waals surface area (Å²) in [5.41, 5.74) is 0.311. The Bertz CT molecular complexity index is 798. The van der Waals surface area contributed by atoms with Gasteiger partial charge in [0.05, 0.1) is 6.61 Å². The van der Waals surface area contributed by atoms with Gasteiger partial charge in [-0.2, -0.15) is 0 Å². The van der Waals surface area contributed by atoms with Gasteiger partial charge in [0, 0.05) is 44.4 Å². The van der Waals surface area contributed by atoms with Gasteiger partial charge in [0.25, 0.3) is 5.91 Å². The summed E-state index contributed by atoms with van der Waals surface area (Å²) in [5.74, 6) is -1.38. The van der Waals surface area contributed by atoms with E-state index in [0.29, 0.717) is 26.2 Å². The molecule has 0 aromatic heterocycles. The molecule has 0 aliphatic carbocycles. The van der Waals surface area contributed by atoms with Crippen molar-refractivity contribution in [2.24, 2.45) is 0 Å². The van der Waals surface area contributed by atoms with Gasteiger partial charge in [0.1, 0.15) is 11.6 Å². The Labute approximate surface area is 170 Å². The molecule has 1 fully saturated rings. The van der Waals surface area contributed by atoms with E-state index in [4.69, 9.17) is 4.74 Å². The summed E-state index contributed by atoms with van der Waals surface area (Å²) in [6.07, 6.45) is 1.32. The highest BCUT2D eigenvalue weighted by molar-refractivity contribution is 6.03. The number of carbonyl (C=O) groups excluding carboxylic acids is 3. The van der Waals surface area contributed by atoms with Crippen molar-refractivity contribution in [2.75, 3.05) is 37.7 Å². The minimum Gasteiger partial charge on any atom is -0.482 e. The first-order valence-electron chi connectivity index (χ1n) is 9.73. The fraction of sp³-hybridized carbons (Fsp3) is 0.476. The van der Waals surface area contributed by atoms with Gasteiger partial charge in [-0.3, -0.25) is 14.4 Å². The highest BCUT2D eigenvalue weighted by Crippen LogP contribution is 2.24. The number of hydrogen-bond donors (Lipinski definition) is 2. The molecule has 29 heavy (non-hydrogen) atoms. The molecule has 0 unspecified atom stereocenters. The van der Waals surface area contributed by atoms with Gasteiger partial charge < -0.3 is 25.0 Å². The lowest BCUT2D eigenvalue weighted by Gasteiger charge is -2.37. The van der Waals surface area contributed by atoms with Crippen molar-refractivity contribution in [3.8, 4) is 0 Å². The van der Waals surface area contributed by atoms with E-state index in [2.05, 4.69) is 10.2 Å². The lowest BCUT2D eigenvalue weighted by atomic mass is 9.98. The Kier molecular flexibility index (Phi) is 6.22. The molecule has 1 saturated heterocycles. The second kappa shape index (κ2) is 8.65. The van der Waals surface area contributed by atoms with E-state index in [1.54, 1.807) is 18.7 Å². The number of para-hydroxylation sites is 1. The average molecular weight is 401 g/mol. The van der Waals surface area contributed by atoms with Crippen molar-refractivity contribution in [1.82, 2.24) is 10.2 Å². The molecule has 8 nitrogen and oxygen atoms in total. The monoisotopic (exact) mass is 401 g/mol. The van der Waals surface area contributed by atoms with Gasteiger partial charge >= 0.3 is 0 Å². The van der Waals surface area contributed by atoms with Crippen LogP contribution in [-0.4, -0.2) is 72.0 Å². The van der Waals surface area contributed by atoms with Gasteiger partial charge in [0.15, 0.2) is 11.5 Å². The van der Waals surface area contributed by atoms with Crippen LogP contribution in [0.3, 0.4) is 0 Å². The molecule has 2 aliphatic rings. The topological polar surface area (TPSA) is 99.2 Å². The number of anilines is 1. The number of nitrogens with one attached hydrogen (secondary N) is 1. The molecule has 0 spiro atoms. The van der Waals surface area contributed by atoms with Crippen molar-refractivity contribution in [3.05, 3.63) is 42.2 Å². The van der Waals surface area contributed by atoms with E-state index in [1.807, 2.05) is 30.3 Å². The third-order valence-electron chi connectivity index (χ3n) is 5.00. The van der Waals surface area contributed by atoms with Crippen LogP contribution in [0.1, 0.15) is 20.3 Å². The Hall–Kier alpha value is -2.87. The summed E-state index contributed by atoms with van der Waals surface area (Å²) in [7, 11) is 0. The summed E-state index contributed by atoms with van der Waals surface area (Å²) in [4.78, 5) is 40.9. The van der Waals surface area contributed by atoms with Gasteiger partial charge in [-0.25, -0.2) is 0 Å². The van der Waals surface area contributed by atoms with Crippen molar-refractivity contribution in [2.45, 2.75) is 31.9 Å². The van der Waals surface area contributed by atoms with Crippen LogP contribution in [0.4, 0.5) is 5.69 Å². The second-order valence-corrected chi connectivity index (χ2v) is 7.87. The first kappa shape index (κ1) is 20.9. The summed E-state index contributed by atoms with van der Waals surface area (Å²) in [6.45, 7) is 5.21. The second-order valence-electron chi connectivity index (χ2n) is 7.87. The van der Waals surface area contributed by atoms with Gasteiger partial charge in [-0.1, -0.05) is 18.2 Å². The normalized spacial score (nSPS) is 19.8. The number of allylic oxidation sites excluding steroid dienone is 1. The van der Waals surface area contributed by atoms with Gasteiger partial charge in [-0.15, -0.1) is 0 Å². The molecule has 0 radical (unpaired) electrons. The van der Waals surface area contributed by atoms with E-state index >= 15 is 0 Å². The number of amides is 2. The number of rotatable bonds is 5. The van der Waals surface area contributed by atoms with Crippen LogP contribution in [-0.2, 0) is 19.1 Å². The smallest absolute Gasteiger partial charge is 0.287 e. The zero-order valence-corrected chi connectivity index (χ0v) is 16.8. The lowest BCUT2D eigenvalue weighted by molar-refractivity contribution is -0.139. The van der Waals surface area contributed by atoms with E-state index in [9.17, 15) is 19.5 Å². The number of carbonyl (C=O) groups is 3. The molecule has 2 amide bonds. The molecule has 0 bridgehead atoms. The number of aliphatic hydroxyl groups excluding tert-OH is 1. The number of hydrogen-bond acceptors (Lipinski definition) is 6. The predicted octanol–water partition coefficient (Wildman–Crippen LogP) is 0.464. The zero-order valence-electron chi connectivity index (χ0n) is 16.8. The molecular formula is C21H27N3O5. The van der Waals surface area contributed by atoms with Crippen molar-refractivity contribution in [3.63, 3.8) is 0 Å². The largest absolute Gasteiger partial charge is 0.482 e. The molecule has 2 aliphatic heterocycles. The Morgan fingerprint density at radius 2 is 1.83 bits per heavy atom. The highest BCUT2D eigenvalue weighted by atomic mass is 16.5. The fourth-order valence-electron chi connectivity index (χ4n) is 3.55. The van der Waals surface area contributed by atoms with Crippen LogP contribution < -0.4 is 10.2 Å². The fourth-order valence-corrected chi connectivity index (χ4v) is 3.55. The van der Waals surface area contributed by atoms with Crippen molar-refractivity contribution < 1.29 is 24.2 Å². The molecule has 8 heteroatoms. The van der Waals surface area contributed by atoms with Crippen LogP contribution in [0.5, 0.6) is 0 Å². The third kappa shape index (κ3) is 5.14. The first-order chi connectivity index (χ1) is 13.8. The Balaban J connectivity index is 1.58. The maximum absolute atomic E-state index is 12.8.